The summed E-state index contributed by atoms with van der Waals surface area (Å²) in [6.07, 6.45) is 0. The van der Waals surface area contributed by atoms with Crippen LogP contribution >= 0.6 is 11.8 Å². The highest BCUT2D eigenvalue weighted by atomic mass is 32.2. The summed E-state index contributed by atoms with van der Waals surface area (Å²) in [6.45, 7) is 7.89. The van der Waals surface area contributed by atoms with Crippen LogP contribution in [0.25, 0.3) is 0 Å². The minimum atomic E-state index is -0.170. The predicted molar refractivity (Wildman–Crippen MR) is 77.7 cm³/mol. The van der Waals surface area contributed by atoms with E-state index in [9.17, 15) is 4.79 Å². The summed E-state index contributed by atoms with van der Waals surface area (Å²) in [7, 11) is 0. The minimum absolute atomic E-state index is 0.0493. The monoisotopic (exact) mass is 266 g/mol. The first kappa shape index (κ1) is 15.1. The fraction of sp³-hybridized carbons (Fsp3) is 0.500. The summed E-state index contributed by atoms with van der Waals surface area (Å²) in [5, 5.41) is 2.94. The van der Waals surface area contributed by atoms with Crippen LogP contribution in [-0.4, -0.2) is 17.2 Å². The Kier molecular flexibility index (Phi) is 5.23. The molecule has 3 N–H and O–H groups in total. The molecule has 0 bridgehead atoms. The number of nitrogens with two attached hydrogens (primary N) is 1. The maximum atomic E-state index is 11.7. The highest BCUT2D eigenvalue weighted by molar-refractivity contribution is 8.00. The number of hydrogen-bond acceptors (Lipinski definition) is 3. The zero-order valence-electron chi connectivity index (χ0n) is 11.5. The van der Waals surface area contributed by atoms with Gasteiger partial charge in [0.05, 0.1) is 5.75 Å². The van der Waals surface area contributed by atoms with E-state index in [1.54, 1.807) is 0 Å². The third-order valence-corrected chi connectivity index (χ3v) is 3.30. The zero-order chi connectivity index (χ0) is 13.8. The molecule has 1 aromatic rings. The third kappa shape index (κ3) is 5.56. The number of thioether (sulfide) groups is 1. The maximum absolute atomic E-state index is 11.7. The molecule has 4 heteroatoms. The van der Waals surface area contributed by atoms with Crippen molar-refractivity contribution in [2.75, 3.05) is 5.75 Å². The lowest BCUT2D eigenvalue weighted by atomic mass is 10.1. The van der Waals surface area contributed by atoms with Gasteiger partial charge in [-0.25, -0.2) is 0 Å². The first-order valence-corrected chi connectivity index (χ1v) is 7.06. The van der Waals surface area contributed by atoms with E-state index >= 15 is 0 Å². The van der Waals surface area contributed by atoms with Crippen molar-refractivity contribution in [3.63, 3.8) is 0 Å². The number of rotatable bonds is 4. The van der Waals surface area contributed by atoms with E-state index in [-0.39, 0.29) is 17.5 Å². The van der Waals surface area contributed by atoms with Gasteiger partial charge in [-0.1, -0.05) is 12.1 Å². The standard InChI is InChI=1S/C14H22N2OS/c1-10(15)11-5-7-12(8-6-11)18-9-13(17)16-14(2,3)4/h5-8,10H,9,15H2,1-4H3,(H,16,17). The SMILES string of the molecule is CC(N)c1ccc(SCC(=O)NC(C)(C)C)cc1. The average molecular weight is 266 g/mol. The van der Waals surface area contributed by atoms with Gasteiger partial charge in [-0.15, -0.1) is 11.8 Å². The van der Waals surface area contributed by atoms with Gasteiger partial charge in [0.1, 0.15) is 0 Å². The Morgan fingerprint density at radius 3 is 2.33 bits per heavy atom. The van der Waals surface area contributed by atoms with Crippen LogP contribution in [0.5, 0.6) is 0 Å². The Morgan fingerprint density at radius 2 is 1.89 bits per heavy atom. The molecule has 0 saturated heterocycles. The minimum Gasteiger partial charge on any atom is -0.351 e. The number of carbonyl (C=O) groups excluding carboxylic acids is 1. The second-order valence-corrected chi connectivity index (χ2v) is 6.49. The van der Waals surface area contributed by atoms with Crippen LogP contribution in [0.1, 0.15) is 39.3 Å². The van der Waals surface area contributed by atoms with Crippen LogP contribution in [0.4, 0.5) is 0 Å². The van der Waals surface area contributed by atoms with E-state index in [0.29, 0.717) is 5.75 Å². The maximum Gasteiger partial charge on any atom is 0.230 e. The van der Waals surface area contributed by atoms with Crippen molar-refractivity contribution >= 4 is 17.7 Å². The summed E-state index contributed by atoms with van der Waals surface area (Å²) in [6, 6.07) is 8.08. The number of benzene rings is 1. The Balaban J connectivity index is 2.46. The predicted octanol–water partition coefficient (Wildman–Crippen LogP) is 2.71. The summed E-state index contributed by atoms with van der Waals surface area (Å²) < 4.78 is 0. The Hall–Kier alpha value is -1.00. The van der Waals surface area contributed by atoms with Gasteiger partial charge in [0, 0.05) is 16.5 Å². The van der Waals surface area contributed by atoms with Crippen molar-refractivity contribution < 1.29 is 4.79 Å². The van der Waals surface area contributed by atoms with Crippen molar-refractivity contribution in [2.24, 2.45) is 5.73 Å². The molecule has 1 amide bonds. The first-order valence-electron chi connectivity index (χ1n) is 6.07. The molecule has 0 spiro atoms. The molecule has 0 radical (unpaired) electrons. The normalized spacial score (nSPS) is 13.2. The van der Waals surface area contributed by atoms with E-state index in [1.807, 2.05) is 52.0 Å². The van der Waals surface area contributed by atoms with Gasteiger partial charge in [0.15, 0.2) is 0 Å². The van der Waals surface area contributed by atoms with Crippen molar-refractivity contribution in [2.45, 2.75) is 44.2 Å². The Bertz CT molecular complexity index is 393. The molecular weight excluding hydrogens is 244 g/mol. The first-order chi connectivity index (χ1) is 8.28. The number of hydrogen-bond donors (Lipinski definition) is 2. The molecule has 0 heterocycles. The molecule has 18 heavy (non-hydrogen) atoms. The zero-order valence-corrected chi connectivity index (χ0v) is 12.3. The molecule has 1 rings (SSSR count). The summed E-state index contributed by atoms with van der Waals surface area (Å²) >= 11 is 1.54. The van der Waals surface area contributed by atoms with Crippen molar-refractivity contribution in [3.8, 4) is 0 Å². The molecule has 0 aromatic heterocycles. The smallest absolute Gasteiger partial charge is 0.230 e. The number of carbonyl (C=O) groups is 1. The molecule has 0 saturated carbocycles. The molecule has 0 aliphatic carbocycles. The van der Waals surface area contributed by atoms with Crippen LogP contribution < -0.4 is 11.1 Å². The quantitative estimate of drug-likeness (QED) is 0.824. The molecular formula is C14H22N2OS. The van der Waals surface area contributed by atoms with Gasteiger partial charge in [-0.3, -0.25) is 4.79 Å². The molecule has 1 atom stereocenters. The molecule has 100 valence electrons. The van der Waals surface area contributed by atoms with Gasteiger partial charge in [-0.05, 0) is 45.4 Å². The van der Waals surface area contributed by atoms with E-state index in [4.69, 9.17) is 5.73 Å². The fourth-order valence-electron chi connectivity index (χ4n) is 1.47. The highest BCUT2D eigenvalue weighted by Gasteiger charge is 2.13. The number of nitrogens with one attached hydrogen (secondary N) is 1. The molecule has 1 aromatic carbocycles. The van der Waals surface area contributed by atoms with Gasteiger partial charge < -0.3 is 11.1 Å². The van der Waals surface area contributed by atoms with E-state index in [2.05, 4.69) is 5.32 Å². The Labute approximate surface area is 114 Å². The molecule has 0 fully saturated rings. The molecule has 0 aliphatic rings. The summed E-state index contributed by atoms with van der Waals surface area (Å²) in [4.78, 5) is 12.7. The average Bonchev–Trinajstić information content (AvgIpc) is 2.24. The van der Waals surface area contributed by atoms with Crippen molar-refractivity contribution in [1.29, 1.82) is 0 Å². The van der Waals surface area contributed by atoms with Crippen LogP contribution in [0.15, 0.2) is 29.2 Å². The lowest BCUT2D eigenvalue weighted by molar-refractivity contribution is -0.119. The second-order valence-electron chi connectivity index (χ2n) is 5.44. The van der Waals surface area contributed by atoms with Crippen molar-refractivity contribution in [3.05, 3.63) is 29.8 Å². The molecule has 0 aliphatic heterocycles. The topological polar surface area (TPSA) is 55.1 Å². The molecule has 3 nitrogen and oxygen atoms in total. The summed E-state index contributed by atoms with van der Waals surface area (Å²) in [5.41, 5.74) is 6.72. The third-order valence-electron chi connectivity index (χ3n) is 2.29. The van der Waals surface area contributed by atoms with Crippen LogP contribution in [0, 0.1) is 0 Å². The van der Waals surface area contributed by atoms with Crippen molar-refractivity contribution in [1.82, 2.24) is 5.32 Å². The van der Waals surface area contributed by atoms with E-state index < -0.39 is 0 Å². The number of amides is 1. The molecule has 1 unspecified atom stereocenters. The van der Waals surface area contributed by atoms with Gasteiger partial charge >= 0.3 is 0 Å². The van der Waals surface area contributed by atoms with Crippen LogP contribution in [0.3, 0.4) is 0 Å². The Morgan fingerprint density at radius 1 is 1.33 bits per heavy atom. The fourth-order valence-corrected chi connectivity index (χ4v) is 2.17. The lowest BCUT2D eigenvalue weighted by Gasteiger charge is -2.20. The van der Waals surface area contributed by atoms with Gasteiger partial charge in [-0.2, -0.15) is 0 Å². The van der Waals surface area contributed by atoms with E-state index in [1.165, 1.54) is 11.8 Å². The summed E-state index contributed by atoms with van der Waals surface area (Å²) in [5.74, 6) is 0.498. The highest BCUT2D eigenvalue weighted by Crippen LogP contribution is 2.20. The largest absolute Gasteiger partial charge is 0.351 e. The van der Waals surface area contributed by atoms with Gasteiger partial charge in [0.25, 0.3) is 0 Å². The van der Waals surface area contributed by atoms with E-state index in [0.717, 1.165) is 10.5 Å². The second kappa shape index (κ2) is 6.25. The van der Waals surface area contributed by atoms with Gasteiger partial charge in [0.2, 0.25) is 5.91 Å². The van der Waals surface area contributed by atoms with Crippen LogP contribution in [-0.2, 0) is 4.79 Å². The lowest BCUT2D eigenvalue weighted by Crippen LogP contribution is -2.41. The van der Waals surface area contributed by atoms with Crippen LogP contribution in [0.2, 0.25) is 0 Å².